The number of carboxylic acids is 1. The zero-order valence-corrected chi connectivity index (χ0v) is 9.14. The molecule has 0 bridgehead atoms. The summed E-state index contributed by atoms with van der Waals surface area (Å²) in [6.45, 7) is 0. The molecule has 5 nitrogen and oxygen atoms in total. The number of likely N-dealkylation sites (N-methyl/N-ethyl adjacent to an activating group) is 1. The van der Waals surface area contributed by atoms with Gasteiger partial charge in [-0.3, -0.25) is 4.79 Å². The lowest BCUT2D eigenvalue weighted by molar-refractivity contribution is -0.129. The van der Waals surface area contributed by atoms with Crippen molar-refractivity contribution in [3.8, 4) is 0 Å². The molecule has 1 N–H and O–H groups in total. The second-order valence-corrected chi connectivity index (χ2v) is 4.21. The summed E-state index contributed by atoms with van der Waals surface area (Å²) in [5.41, 5.74) is 0.126. The third-order valence-electron chi connectivity index (χ3n) is 3.03. The fraction of sp³-hybridized carbons (Fsp3) is 0.545. The Balaban J connectivity index is 2.27. The van der Waals surface area contributed by atoms with E-state index in [4.69, 9.17) is 5.11 Å². The minimum Gasteiger partial charge on any atom is -0.476 e. The Morgan fingerprint density at radius 2 is 2.12 bits per heavy atom. The molecule has 1 saturated carbocycles. The van der Waals surface area contributed by atoms with Gasteiger partial charge in [-0.25, -0.2) is 9.80 Å². The molecule has 0 radical (unpaired) electrons. The summed E-state index contributed by atoms with van der Waals surface area (Å²) in [7, 11) is 1.47. The van der Waals surface area contributed by atoms with Gasteiger partial charge in [-0.1, -0.05) is 18.9 Å². The molecular formula is C11H14N2O3. The first kappa shape index (κ1) is 10.9. The number of hydrogen-bond acceptors (Lipinski definition) is 3. The van der Waals surface area contributed by atoms with Crippen LogP contribution in [0.5, 0.6) is 0 Å². The van der Waals surface area contributed by atoms with Crippen LogP contribution in [0.2, 0.25) is 0 Å². The van der Waals surface area contributed by atoms with Crippen molar-refractivity contribution >= 4 is 17.6 Å². The molecule has 0 unspecified atom stereocenters. The molecule has 5 heteroatoms. The van der Waals surface area contributed by atoms with Crippen LogP contribution in [-0.2, 0) is 9.59 Å². The van der Waals surface area contributed by atoms with Crippen molar-refractivity contribution < 1.29 is 14.7 Å². The van der Waals surface area contributed by atoms with Crippen LogP contribution in [-0.4, -0.2) is 34.8 Å². The Morgan fingerprint density at radius 3 is 2.69 bits per heavy atom. The van der Waals surface area contributed by atoms with Gasteiger partial charge in [0.1, 0.15) is 0 Å². The fourth-order valence-corrected chi connectivity index (χ4v) is 2.19. The molecule has 1 amide bonds. The number of carboxylic acid groups (broad SMARTS) is 1. The van der Waals surface area contributed by atoms with Gasteiger partial charge in [-0.15, -0.1) is 0 Å². The number of amides is 1. The number of carbonyl (C=O) groups excluding carboxylic acids is 1. The minimum absolute atomic E-state index is 0.126. The molecule has 1 aliphatic heterocycles. The Labute approximate surface area is 93.4 Å². The quantitative estimate of drug-likeness (QED) is 0.709. The monoisotopic (exact) mass is 222 g/mol. The summed E-state index contributed by atoms with van der Waals surface area (Å²) in [5.74, 6) is -1.12. The lowest BCUT2D eigenvalue weighted by Crippen LogP contribution is -2.20. The second-order valence-electron chi connectivity index (χ2n) is 4.21. The van der Waals surface area contributed by atoms with Crippen molar-refractivity contribution in [2.24, 2.45) is 11.0 Å². The van der Waals surface area contributed by atoms with E-state index in [2.05, 4.69) is 5.10 Å². The first-order valence-corrected chi connectivity index (χ1v) is 5.41. The number of aliphatic carboxylic acids is 1. The molecule has 86 valence electrons. The van der Waals surface area contributed by atoms with Crippen molar-refractivity contribution in [3.05, 3.63) is 11.6 Å². The molecule has 0 aromatic carbocycles. The summed E-state index contributed by atoms with van der Waals surface area (Å²) in [6, 6.07) is 0. The summed E-state index contributed by atoms with van der Waals surface area (Å²) in [4.78, 5) is 22.6. The highest BCUT2D eigenvalue weighted by Crippen LogP contribution is 2.28. The number of carbonyl (C=O) groups is 2. The fourth-order valence-electron chi connectivity index (χ4n) is 2.19. The van der Waals surface area contributed by atoms with Gasteiger partial charge in [-0.2, -0.15) is 5.10 Å². The molecule has 1 fully saturated rings. The molecule has 16 heavy (non-hydrogen) atoms. The van der Waals surface area contributed by atoms with Crippen molar-refractivity contribution in [1.82, 2.24) is 5.01 Å². The van der Waals surface area contributed by atoms with Crippen molar-refractivity contribution in [2.45, 2.75) is 25.7 Å². The maximum absolute atomic E-state index is 11.7. The molecule has 0 aromatic heterocycles. The maximum Gasteiger partial charge on any atom is 0.357 e. The van der Waals surface area contributed by atoms with Crippen LogP contribution in [0.25, 0.3) is 0 Å². The van der Waals surface area contributed by atoms with E-state index in [1.54, 1.807) is 6.08 Å². The van der Waals surface area contributed by atoms with E-state index in [-0.39, 0.29) is 17.2 Å². The Hall–Kier alpha value is -1.65. The van der Waals surface area contributed by atoms with E-state index in [0.29, 0.717) is 5.92 Å². The zero-order valence-electron chi connectivity index (χ0n) is 9.14. The summed E-state index contributed by atoms with van der Waals surface area (Å²) < 4.78 is 0. The lowest BCUT2D eigenvalue weighted by atomic mass is 10.0. The van der Waals surface area contributed by atoms with E-state index in [9.17, 15) is 9.59 Å². The van der Waals surface area contributed by atoms with E-state index in [1.165, 1.54) is 7.05 Å². The number of nitrogens with zero attached hydrogens (tertiary/aromatic N) is 2. The van der Waals surface area contributed by atoms with Crippen LogP contribution >= 0.6 is 0 Å². The van der Waals surface area contributed by atoms with Crippen LogP contribution in [0, 0.1) is 5.92 Å². The highest BCUT2D eigenvalue weighted by molar-refractivity contribution is 6.50. The molecular weight excluding hydrogens is 208 g/mol. The molecule has 0 atom stereocenters. The Kier molecular flexibility index (Phi) is 2.77. The van der Waals surface area contributed by atoms with E-state index < -0.39 is 5.97 Å². The SMILES string of the molecule is CN1N=C(C(=O)O)/C(=C/C2CCCC2)C1=O. The highest BCUT2D eigenvalue weighted by Gasteiger charge is 2.32. The van der Waals surface area contributed by atoms with Crippen LogP contribution < -0.4 is 0 Å². The van der Waals surface area contributed by atoms with Gasteiger partial charge in [0, 0.05) is 7.05 Å². The van der Waals surface area contributed by atoms with Gasteiger partial charge in [0.05, 0.1) is 5.57 Å². The third-order valence-corrected chi connectivity index (χ3v) is 3.03. The number of hydrogen-bond donors (Lipinski definition) is 1. The van der Waals surface area contributed by atoms with Gasteiger partial charge in [0.25, 0.3) is 5.91 Å². The van der Waals surface area contributed by atoms with Crippen LogP contribution in [0.15, 0.2) is 16.8 Å². The molecule has 0 spiro atoms. The standard InChI is InChI=1S/C11H14N2O3/c1-13-10(14)8(9(12-13)11(15)16)6-7-4-2-3-5-7/h6-7H,2-5H2,1H3,(H,15,16)/b8-6-. The molecule has 0 saturated heterocycles. The van der Waals surface area contributed by atoms with Crippen molar-refractivity contribution in [2.75, 3.05) is 7.05 Å². The van der Waals surface area contributed by atoms with E-state index in [1.807, 2.05) is 0 Å². The van der Waals surface area contributed by atoms with Gasteiger partial charge in [0.2, 0.25) is 0 Å². The molecule has 0 aromatic rings. The predicted octanol–water partition coefficient (Wildman–Crippen LogP) is 1.02. The molecule has 2 rings (SSSR count). The van der Waals surface area contributed by atoms with Crippen molar-refractivity contribution in [3.63, 3.8) is 0 Å². The minimum atomic E-state index is -1.14. The predicted molar refractivity (Wildman–Crippen MR) is 57.9 cm³/mol. The second kappa shape index (κ2) is 4.08. The number of rotatable bonds is 2. The first-order valence-electron chi connectivity index (χ1n) is 5.41. The maximum atomic E-state index is 11.7. The number of allylic oxidation sites excluding steroid dienone is 1. The third kappa shape index (κ3) is 1.85. The smallest absolute Gasteiger partial charge is 0.357 e. The Bertz CT molecular complexity index is 392. The van der Waals surface area contributed by atoms with Gasteiger partial charge in [0.15, 0.2) is 5.71 Å². The lowest BCUT2D eigenvalue weighted by Gasteiger charge is -2.04. The van der Waals surface area contributed by atoms with E-state index >= 15 is 0 Å². The number of hydrazone groups is 1. The average Bonchev–Trinajstić information content (AvgIpc) is 2.81. The molecule has 1 aliphatic carbocycles. The van der Waals surface area contributed by atoms with Crippen LogP contribution in [0.3, 0.4) is 0 Å². The van der Waals surface area contributed by atoms with Crippen LogP contribution in [0.4, 0.5) is 0 Å². The molecule has 2 aliphatic rings. The summed E-state index contributed by atoms with van der Waals surface area (Å²) in [6.07, 6.45) is 6.16. The summed E-state index contributed by atoms with van der Waals surface area (Å²) >= 11 is 0. The summed E-state index contributed by atoms with van der Waals surface area (Å²) in [5, 5.41) is 13.8. The highest BCUT2D eigenvalue weighted by atomic mass is 16.4. The van der Waals surface area contributed by atoms with Gasteiger partial charge in [-0.05, 0) is 18.8 Å². The van der Waals surface area contributed by atoms with Crippen LogP contribution in [0.1, 0.15) is 25.7 Å². The first-order chi connectivity index (χ1) is 7.59. The normalized spacial score (nSPS) is 24.3. The average molecular weight is 222 g/mol. The topological polar surface area (TPSA) is 70.0 Å². The Morgan fingerprint density at radius 1 is 1.50 bits per heavy atom. The van der Waals surface area contributed by atoms with E-state index in [0.717, 1.165) is 30.7 Å². The largest absolute Gasteiger partial charge is 0.476 e. The van der Waals surface area contributed by atoms with Crippen molar-refractivity contribution in [1.29, 1.82) is 0 Å². The zero-order chi connectivity index (χ0) is 11.7. The molecule has 1 heterocycles. The van der Waals surface area contributed by atoms with Gasteiger partial charge >= 0.3 is 5.97 Å². The van der Waals surface area contributed by atoms with Gasteiger partial charge < -0.3 is 5.11 Å².